The lowest BCUT2D eigenvalue weighted by Gasteiger charge is -2.22. The SMILES string of the molecule is CC1(c2ccc(F)c(F)c2)NC(=O)N(CC(N)=O)C1=O. The van der Waals surface area contributed by atoms with Crippen molar-refractivity contribution in [3.05, 3.63) is 35.4 Å². The first-order valence-corrected chi connectivity index (χ1v) is 5.63. The maximum atomic E-state index is 13.2. The summed E-state index contributed by atoms with van der Waals surface area (Å²) in [6.07, 6.45) is 0. The molecule has 8 heteroatoms. The number of benzene rings is 1. The zero-order chi connectivity index (χ0) is 15.1. The van der Waals surface area contributed by atoms with Crippen LogP contribution in [0.15, 0.2) is 18.2 Å². The molecular weight excluding hydrogens is 272 g/mol. The second-order valence-electron chi connectivity index (χ2n) is 4.54. The van der Waals surface area contributed by atoms with E-state index in [0.29, 0.717) is 4.90 Å². The smallest absolute Gasteiger partial charge is 0.325 e. The molecule has 0 bridgehead atoms. The third-order valence-corrected chi connectivity index (χ3v) is 3.09. The predicted molar refractivity (Wildman–Crippen MR) is 63.1 cm³/mol. The first kappa shape index (κ1) is 13.9. The number of carbonyl (C=O) groups excluding carboxylic acids is 3. The lowest BCUT2D eigenvalue weighted by atomic mass is 9.92. The molecule has 20 heavy (non-hydrogen) atoms. The van der Waals surface area contributed by atoms with Gasteiger partial charge in [-0.1, -0.05) is 6.07 Å². The van der Waals surface area contributed by atoms with Crippen LogP contribution in [0.2, 0.25) is 0 Å². The fraction of sp³-hybridized carbons (Fsp3) is 0.250. The van der Waals surface area contributed by atoms with Gasteiger partial charge >= 0.3 is 6.03 Å². The van der Waals surface area contributed by atoms with Crippen LogP contribution in [0.1, 0.15) is 12.5 Å². The summed E-state index contributed by atoms with van der Waals surface area (Å²) in [7, 11) is 0. The normalized spacial score (nSPS) is 22.1. The maximum Gasteiger partial charge on any atom is 0.325 e. The Morgan fingerprint density at radius 2 is 2.00 bits per heavy atom. The molecule has 3 N–H and O–H groups in total. The van der Waals surface area contributed by atoms with Crippen LogP contribution in [0.4, 0.5) is 13.6 Å². The number of urea groups is 1. The van der Waals surface area contributed by atoms with E-state index >= 15 is 0 Å². The second kappa shape index (κ2) is 4.55. The number of hydrogen-bond acceptors (Lipinski definition) is 3. The number of nitrogens with two attached hydrogens (primary N) is 1. The highest BCUT2D eigenvalue weighted by atomic mass is 19.2. The van der Waals surface area contributed by atoms with E-state index in [9.17, 15) is 23.2 Å². The number of nitrogens with one attached hydrogen (secondary N) is 1. The molecule has 1 saturated heterocycles. The molecule has 2 rings (SSSR count). The molecule has 1 heterocycles. The van der Waals surface area contributed by atoms with Crippen LogP contribution in [-0.2, 0) is 15.1 Å². The second-order valence-corrected chi connectivity index (χ2v) is 4.54. The van der Waals surface area contributed by atoms with Gasteiger partial charge in [0.1, 0.15) is 12.1 Å². The number of hydrogen-bond donors (Lipinski definition) is 2. The van der Waals surface area contributed by atoms with Crippen LogP contribution in [0.25, 0.3) is 0 Å². The van der Waals surface area contributed by atoms with Crippen molar-refractivity contribution >= 4 is 17.8 Å². The molecule has 1 aliphatic heterocycles. The van der Waals surface area contributed by atoms with E-state index in [-0.39, 0.29) is 5.56 Å². The van der Waals surface area contributed by atoms with Gasteiger partial charge in [0.05, 0.1) is 0 Å². The lowest BCUT2D eigenvalue weighted by molar-refractivity contribution is -0.134. The van der Waals surface area contributed by atoms with Gasteiger partial charge in [0.25, 0.3) is 5.91 Å². The molecule has 0 spiro atoms. The van der Waals surface area contributed by atoms with Crippen molar-refractivity contribution in [2.75, 3.05) is 6.54 Å². The Kier molecular flexibility index (Phi) is 3.16. The monoisotopic (exact) mass is 283 g/mol. The van der Waals surface area contributed by atoms with Gasteiger partial charge in [0.2, 0.25) is 5.91 Å². The predicted octanol–water partition coefficient (Wildman–Crippen LogP) is 0.217. The zero-order valence-corrected chi connectivity index (χ0v) is 10.4. The maximum absolute atomic E-state index is 13.2. The van der Waals surface area contributed by atoms with Crippen molar-refractivity contribution in [1.29, 1.82) is 0 Å². The number of nitrogens with zero attached hydrogens (tertiary/aromatic N) is 1. The average Bonchev–Trinajstić information content (AvgIpc) is 2.57. The minimum Gasteiger partial charge on any atom is -0.368 e. The molecular formula is C12H11F2N3O3. The van der Waals surface area contributed by atoms with Crippen molar-refractivity contribution in [3.8, 4) is 0 Å². The van der Waals surface area contributed by atoms with Crippen molar-refractivity contribution in [3.63, 3.8) is 0 Å². The van der Waals surface area contributed by atoms with Gasteiger partial charge in [-0.15, -0.1) is 0 Å². The Labute approximate surface area is 112 Å². The van der Waals surface area contributed by atoms with Crippen LogP contribution in [-0.4, -0.2) is 29.3 Å². The Morgan fingerprint density at radius 3 is 2.55 bits per heavy atom. The Hall–Kier alpha value is -2.51. The molecule has 1 aliphatic rings. The fourth-order valence-corrected chi connectivity index (χ4v) is 2.00. The minimum absolute atomic E-state index is 0.0710. The average molecular weight is 283 g/mol. The van der Waals surface area contributed by atoms with Gasteiger partial charge in [-0.3, -0.25) is 14.5 Å². The highest BCUT2D eigenvalue weighted by Gasteiger charge is 2.49. The third-order valence-electron chi connectivity index (χ3n) is 3.09. The fourth-order valence-electron chi connectivity index (χ4n) is 2.00. The summed E-state index contributed by atoms with van der Waals surface area (Å²) in [5.74, 6) is -3.82. The summed E-state index contributed by atoms with van der Waals surface area (Å²) < 4.78 is 26.2. The summed E-state index contributed by atoms with van der Waals surface area (Å²) in [5, 5.41) is 2.34. The Bertz CT molecular complexity index is 620. The lowest BCUT2D eigenvalue weighted by Crippen LogP contribution is -2.42. The number of carbonyl (C=O) groups is 3. The molecule has 1 unspecified atom stereocenters. The summed E-state index contributed by atoms with van der Waals surface area (Å²) in [6.45, 7) is 0.755. The molecule has 1 fully saturated rings. The van der Waals surface area contributed by atoms with Gasteiger partial charge < -0.3 is 11.1 Å². The Balaban J connectivity index is 2.40. The van der Waals surface area contributed by atoms with E-state index in [1.807, 2.05) is 0 Å². The molecule has 4 amide bonds. The Morgan fingerprint density at radius 1 is 1.35 bits per heavy atom. The van der Waals surface area contributed by atoms with Crippen LogP contribution >= 0.6 is 0 Å². The summed E-state index contributed by atoms with van der Waals surface area (Å²) in [5.41, 5.74) is 3.45. The van der Waals surface area contributed by atoms with E-state index < -0.39 is 41.6 Å². The van der Waals surface area contributed by atoms with Crippen LogP contribution in [0.5, 0.6) is 0 Å². The minimum atomic E-state index is -1.57. The molecule has 0 saturated carbocycles. The third kappa shape index (κ3) is 2.09. The number of primary amides is 1. The van der Waals surface area contributed by atoms with Crippen LogP contribution in [0.3, 0.4) is 0 Å². The first-order valence-electron chi connectivity index (χ1n) is 5.63. The van der Waals surface area contributed by atoms with E-state index in [0.717, 1.165) is 12.1 Å². The molecule has 0 radical (unpaired) electrons. The largest absolute Gasteiger partial charge is 0.368 e. The highest BCUT2D eigenvalue weighted by Crippen LogP contribution is 2.29. The molecule has 1 atom stereocenters. The van der Waals surface area contributed by atoms with Gasteiger partial charge in [0, 0.05) is 0 Å². The number of imide groups is 1. The molecule has 1 aromatic rings. The zero-order valence-electron chi connectivity index (χ0n) is 10.4. The molecule has 0 aliphatic carbocycles. The molecule has 106 valence electrons. The summed E-state index contributed by atoms with van der Waals surface area (Å²) in [6, 6.07) is 2.04. The van der Waals surface area contributed by atoms with Crippen molar-refractivity contribution in [2.24, 2.45) is 5.73 Å². The number of amides is 4. The summed E-state index contributed by atoms with van der Waals surface area (Å²) >= 11 is 0. The summed E-state index contributed by atoms with van der Waals surface area (Å²) in [4.78, 5) is 35.3. The number of rotatable bonds is 3. The highest BCUT2D eigenvalue weighted by molar-refractivity contribution is 6.09. The topological polar surface area (TPSA) is 92.5 Å². The van der Waals surface area contributed by atoms with Gasteiger partial charge in [-0.2, -0.15) is 0 Å². The van der Waals surface area contributed by atoms with Gasteiger partial charge in [0.15, 0.2) is 11.6 Å². The quantitative estimate of drug-likeness (QED) is 0.777. The first-order chi connectivity index (χ1) is 9.25. The van der Waals surface area contributed by atoms with E-state index in [1.54, 1.807) is 0 Å². The van der Waals surface area contributed by atoms with E-state index in [4.69, 9.17) is 5.73 Å². The standard InChI is InChI=1S/C12H11F2N3O3/c1-12(6-2-3-7(13)8(14)4-6)10(19)17(5-9(15)18)11(20)16-12/h2-4H,5H2,1H3,(H2,15,18)(H,16,20). The molecule has 6 nitrogen and oxygen atoms in total. The van der Waals surface area contributed by atoms with Crippen molar-refractivity contribution in [2.45, 2.75) is 12.5 Å². The van der Waals surface area contributed by atoms with Gasteiger partial charge in [-0.25, -0.2) is 13.6 Å². The van der Waals surface area contributed by atoms with E-state index in [2.05, 4.69) is 5.32 Å². The van der Waals surface area contributed by atoms with Gasteiger partial charge in [-0.05, 0) is 24.6 Å². The van der Waals surface area contributed by atoms with Crippen LogP contribution in [0, 0.1) is 11.6 Å². The van der Waals surface area contributed by atoms with Crippen LogP contribution < -0.4 is 11.1 Å². The molecule has 0 aromatic heterocycles. The number of halogens is 2. The van der Waals surface area contributed by atoms with E-state index in [1.165, 1.54) is 13.0 Å². The van der Waals surface area contributed by atoms with Crippen molar-refractivity contribution < 1.29 is 23.2 Å². The molecule has 1 aromatic carbocycles. The van der Waals surface area contributed by atoms with Crippen molar-refractivity contribution in [1.82, 2.24) is 10.2 Å².